The molecule has 1 fully saturated rings. The monoisotopic (exact) mass is 531 g/mol. The number of carbonyl (C=O) groups excluding carboxylic acids is 1. The van der Waals surface area contributed by atoms with Crippen LogP contribution in [0.2, 0.25) is 0 Å². The van der Waals surface area contributed by atoms with Gasteiger partial charge in [0.2, 0.25) is 10.0 Å². The van der Waals surface area contributed by atoms with Crippen LogP contribution in [0.5, 0.6) is 5.75 Å². The second-order valence-electron chi connectivity index (χ2n) is 8.94. The van der Waals surface area contributed by atoms with Gasteiger partial charge in [0.05, 0.1) is 28.8 Å². The van der Waals surface area contributed by atoms with E-state index in [2.05, 4.69) is 35.5 Å². The summed E-state index contributed by atoms with van der Waals surface area (Å²) in [6.07, 6.45) is 0.888. The number of ether oxygens (including phenoxy) is 2. The van der Waals surface area contributed by atoms with Gasteiger partial charge in [-0.15, -0.1) is 0 Å². The van der Waals surface area contributed by atoms with E-state index in [1.165, 1.54) is 33.9 Å². The van der Waals surface area contributed by atoms with Gasteiger partial charge in [0.25, 0.3) is 5.91 Å². The molecule has 0 aliphatic carbocycles. The van der Waals surface area contributed by atoms with Crippen molar-refractivity contribution in [2.24, 2.45) is 10.9 Å². The summed E-state index contributed by atoms with van der Waals surface area (Å²) in [4.78, 5) is 18.6. The van der Waals surface area contributed by atoms with Gasteiger partial charge in [-0.05, 0) is 81.1 Å². The summed E-state index contributed by atoms with van der Waals surface area (Å²) < 4.78 is 41.4. The normalized spacial score (nSPS) is 16.1. The number of sulfonamides is 1. The molecule has 0 spiro atoms. The highest BCUT2D eigenvalue weighted by molar-refractivity contribution is 7.89. The Morgan fingerprint density at radius 1 is 1.11 bits per heavy atom. The molecule has 0 N–H and O–H groups in total. The van der Waals surface area contributed by atoms with Crippen molar-refractivity contribution >= 4 is 37.5 Å². The van der Waals surface area contributed by atoms with Gasteiger partial charge in [0, 0.05) is 32.2 Å². The number of amides is 1. The molecule has 10 heteroatoms. The fourth-order valence-electron chi connectivity index (χ4n) is 4.35. The van der Waals surface area contributed by atoms with E-state index < -0.39 is 10.0 Å². The van der Waals surface area contributed by atoms with Gasteiger partial charge >= 0.3 is 0 Å². The van der Waals surface area contributed by atoms with Crippen molar-refractivity contribution in [3.05, 3.63) is 52.3 Å². The highest BCUT2D eigenvalue weighted by Crippen LogP contribution is 2.26. The zero-order chi connectivity index (χ0) is 25.9. The summed E-state index contributed by atoms with van der Waals surface area (Å²) in [5.41, 5.74) is 3.44. The Hall–Kier alpha value is -2.53. The largest absolute Gasteiger partial charge is 0.497 e. The predicted molar refractivity (Wildman–Crippen MR) is 141 cm³/mol. The highest BCUT2D eigenvalue weighted by atomic mass is 32.2. The SMILES string of the molecule is CCOCCn1c(=NC(=O)C2CCN(S(=O)(=O)c3ccc(OC)cc3)CC2)sc2cc(C)c(C)cc21. The van der Waals surface area contributed by atoms with Crippen molar-refractivity contribution < 1.29 is 22.7 Å². The Labute approximate surface area is 216 Å². The summed E-state index contributed by atoms with van der Waals surface area (Å²) >= 11 is 1.51. The highest BCUT2D eigenvalue weighted by Gasteiger charge is 2.32. The van der Waals surface area contributed by atoms with Gasteiger partial charge in [-0.1, -0.05) is 11.3 Å². The number of benzene rings is 2. The molecule has 2 aromatic carbocycles. The van der Waals surface area contributed by atoms with Crippen molar-refractivity contribution in [2.45, 2.75) is 45.1 Å². The molecule has 0 saturated carbocycles. The Morgan fingerprint density at radius 3 is 2.42 bits per heavy atom. The first-order valence-corrected chi connectivity index (χ1v) is 14.4. The topological polar surface area (TPSA) is 90.2 Å². The quantitative estimate of drug-likeness (QED) is 0.412. The van der Waals surface area contributed by atoms with Crippen LogP contribution in [0.15, 0.2) is 46.3 Å². The smallest absolute Gasteiger partial charge is 0.251 e. The molecule has 1 aliphatic rings. The number of methoxy groups -OCH3 is 1. The van der Waals surface area contributed by atoms with E-state index in [9.17, 15) is 13.2 Å². The van der Waals surface area contributed by atoms with Crippen molar-refractivity contribution in [1.82, 2.24) is 8.87 Å². The molecule has 0 bridgehead atoms. The molecule has 1 aromatic heterocycles. The summed E-state index contributed by atoms with van der Waals surface area (Å²) in [7, 11) is -2.08. The summed E-state index contributed by atoms with van der Waals surface area (Å²) in [6, 6.07) is 10.6. The minimum absolute atomic E-state index is 0.193. The number of rotatable bonds is 8. The Bertz CT molecular complexity index is 1400. The number of nitrogens with zero attached hydrogens (tertiary/aromatic N) is 3. The van der Waals surface area contributed by atoms with Crippen LogP contribution in [-0.4, -0.2) is 56.6 Å². The molecule has 1 saturated heterocycles. The van der Waals surface area contributed by atoms with Crippen LogP contribution in [0.25, 0.3) is 10.2 Å². The number of carbonyl (C=O) groups is 1. The fourth-order valence-corrected chi connectivity index (χ4v) is 6.96. The van der Waals surface area contributed by atoms with E-state index in [1.54, 1.807) is 24.3 Å². The first-order valence-electron chi connectivity index (χ1n) is 12.2. The summed E-state index contributed by atoms with van der Waals surface area (Å²) in [6.45, 7) is 8.47. The average Bonchev–Trinajstić information content (AvgIpc) is 3.20. The number of hydrogen-bond donors (Lipinski definition) is 0. The zero-order valence-corrected chi connectivity index (χ0v) is 22.8. The lowest BCUT2D eigenvalue weighted by Gasteiger charge is -2.29. The molecule has 1 aliphatic heterocycles. The molecule has 0 unspecified atom stereocenters. The molecule has 1 amide bonds. The number of aromatic nitrogens is 1. The predicted octanol–water partition coefficient (Wildman–Crippen LogP) is 3.89. The molecule has 0 radical (unpaired) electrons. The third kappa shape index (κ3) is 5.56. The van der Waals surface area contributed by atoms with Crippen molar-refractivity contribution in [2.75, 3.05) is 33.4 Å². The van der Waals surface area contributed by atoms with Crippen LogP contribution in [-0.2, 0) is 26.1 Å². The van der Waals surface area contributed by atoms with Gasteiger partial charge in [-0.2, -0.15) is 9.30 Å². The molecule has 0 atom stereocenters. The van der Waals surface area contributed by atoms with Crippen LogP contribution in [0.1, 0.15) is 30.9 Å². The van der Waals surface area contributed by atoms with Crippen LogP contribution in [0.4, 0.5) is 0 Å². The molecule has 2 heterocycles. The molecule has 8 nitrogen and oxygen atoms in total. The lowest BCUT2D eigenvalue weighted by Crippen LogP contribution is -2.40. The van der Waals surface area contributed by atoms with E-state index in [1.807, 2.05) is 6.92 Å². The number of fused-ring (bicyclic) bond motifs is 1. The lowest BCUT2D eigenvalue weighted by atomic mass is 9.98. The molecular formula is C26H33N3O5S2. The lowest BCUT2D eigenvalue weighted by molar-refractivity contribution is -0.122. The molecular weight excluding hydrogens is 498 g/mol. The number of thiazole rings is 1. The maximum Gasteiger partial charge on any atom is 0.251 e. The Kier molecular flexibility index (Phi) is 8.29. The third-order valence-electron chi connectivity index (χ3n) is 6.67. The summed E-state index contributed by atoms with van der Waals surface area (Å²) in [5, 5.41) is 0. The van der Waals surface area contributed by atoms with Crippen LogP contribution in [0, 0.1) is 19.8 Å². The number of piperidine rings is 1. The molecule has 3 aromatic rings. The van der Waals surface area contributed by atoms with E-state index in [0.29, 0.717) is 43.2 Å². The van der Waals surface area contributed by atoms with Crippen molar-refractivity contribution in [1.29, 1.82) is 0 Å². The molecule has 4 rings (SSSR count). The standard InChI is InChI=1S/C26H33N3O5S2/c1-5-34-15-14-29-23-16-18(2)19(3)17-24(23)35-26(29)27-25(30)20-10-12-28(13-11-20)36(31,32)22-8-6-21(33-4)7-9-22/h6-9,16-17,20H,5,10-15H2,1-4H3. The zero-order valence-electron chi connectivity index (χ0n) is 21.2. The van der Waals surface area contributed by atoms with Crippen LogP contribution < -0.4 is 9.54 Å². The van der Waals surface area contributed by atoms with Gasteiger partial charge in [0.1, 0.15) is 5.75 Å². The van der Waals surface area contributed by atoms with Crippen molar-refractivity contribution in [3.8, 4) is 5.75 Å². The van der Waals surface area contributed by atoms with Crippen LogP contribution in [0.3, 0.4) is 0 Å². The minimum atomic E-state index is -3.62. The van der Waals surface area contributed by atoms with Gasteiger partial charge in [0.15, 0.2) is 4.80 Å². The van der Waals surface area contributed by atoms with E-state index >= 15 is 0 Å². The number of aryl methyl sites for hydroxylation is 2. The maximum absolute atomic E-state index is 13.2. The van der Waals surface area contributed by atoms with Gasteiger partial charge in [-0.25, -0.2) is 8.42 Å². The van der Waals surface area contributed by atoms with Gasteiger partial charge in [-0.3, -0.25) is 4.79 Å². The maximum atomic E-state index is 13.2. The molecule has 36 heavy (non-hydrogen) atoms. The summed E-state index contributed by atoms with van der Waals surface area (Å²) in [5.74, 6) is 0.105. The van der Waals surface area contributed by atoms with E-state index in [-0.39, 0.29) is 29.8 Å². The van der Waals surface area contributed by atoms with Gasteiger partial charge < -0.3 is 14.0 Å². The Morgan fingerprint density at radius 2 is 1.78 bits per heavy atom. The van der Waals surface area contributed by atoms with E-state index in [4.69, 9.17) is 9.47 Å². The average molecular weight is 532 g/mol. The third-order valence-corrected chi connectivity index (χ3v) is 9.62. The Balaban J connectivity index is 1.52. The van der Waals surface area contributed by atoms with Crippen LogP contribution >= 0.6 is 11.3 Å². The fraction of sp³-hybridized carbons (Fsp3) is 0.462. The second kappa shape index (κ2) is 11.2. The molecule has 194 valence electrons. The minimum Gasteiger partial charge on any atom is -0.497 e. The number of hydrogen-bond acceptors (Lipinski definition) is 6. The van der Waals surface area contributed by atoms with E-state index in [0.717, 1.165) is 10.2 Å². The first kappa shape index (κ1) is 26.5. The van der Waals surface area contributed by atoms with Crippen molar-refractivity contribution in [3.63, 3.8) is 0 Å². The second-order valence-corrected chi connectivity index (χ2v) is 11.9. The first-order chi connectivity index (χ1) is 17.2.